The Morgan fingerprint density at radius 3 is 2.95 bits per heavy atom. The van der Waals surface area contributed by atoms with Crippen LogP contribution in [0.2, 0.25) is 0 Å². The molecule has 0 spiro atoms. The molecule has 2 heterocycles. The molecule has 2 N–H and O–H groups in total. The van der Waals surface area contributed by atoms with Gasteiger partial charge in [0.2, 0.25) is 5.82 Å². The van der Waals surface area contributed by atoms with Crippen molar-refractivity contribution in [1.82, 2.24) is 10.1 Å². The Morgan fingerprint density at radius 2 is 2.21 bits per heavy atom. The average Bonchev–Trinajstić information content (AvgIpc) is 3.00. The topological polar surface area (TPSA) is 74.2 Å². The number of nitrogens with two attached hydrogens (primary N) is 1. The smallest absolute Gasteiger partial charge is 0.258 e. The maximum atomic E-state index is 5.78. The Kier molecular flexibility index (Phi) is 4.07. The maximum absolute atomic E-state index is 5.78. The first-order valence-corrected chi connectivity index (χ1v) is 6.06. The van der Waals surface area contributed by atoms with Crippen molar-refractivity contribution in [3.63, 3.8) is 0 Å². The van der Waals surface area contributed by atoms with E-state index in [1.807, 2.05) is 25.1 Å². The zero-order valence-corrected chi connectivity index (χ0v) is 11.4. The second-order valence-electron chi connectivity index (χ2n) is 4.53. The van der Waals surface area contributed by atoms with Crippen molar-refractivity contribution in [1.29, 1.82) is 0 Å². The summed E-state index contributed by atoms with van der Waals surface area (Å²) in [7, 11) is 0. The minimum Gasteiger partial charge on any atom is -0.399 e. The summed E-state index contributed by atoms with van der Waals surface area (Å²) >= 11 is 0. The summed E-state index contributed by atoms with van der Waals surface area (Å²) in [5, 5.41) is 3.99. The van der Waals surface area contributed by atoms with Crippen molar-refractivity contribution in [2.45, 2.75) is 25.9 Å². The molecule has 19 heavy (non-hydrogen) atoms. The predicted octanol–water partition coefficient (Wildman–Crippen LogP) is 2.90. The van der Waals surface area contributed by atoms with E-state index in [1.165, 1.54) is 0 Å². The third kappa shape index (κ3) is 2.72. The van der Waals surface area contributed by atoms with Gasteiger partial charge in [0.15, 0.2) is 0 Å². The molecule has 0 saturated carbocycles. The van der Waals surface area contributed by atoms with Crippen molar-refractivity contribution in [2.75, 3.05) is 12.3 Å². The highest BCUT2D eigenvalue weighted by Crippen LogP contribution is 2.29. The van der Waals surface area contributed by atoms with Crippen molar-refractivity contribution in [3.8, 4) is 11.5 Å². The van der Waals surface area contributed by atoms with Crippen molar-refractivity contribution >= 4 is 18.1 Å². The minimum atomic E-state index is -0.0242. The third-order valence-electron chi connectivity index (χ3n) is 3.15. The quantitative estimate of drug-likeness (QED) is 0.857. The van der Waals surface area contributed by atoms with Gasteiger partial charge in [-0.15, -0.1) is 12.4 Å². The van der Waals surface area contributed by atoms with Gasteiger partial charge in [-0.3, -0.25) is 0 Å². The molecule has 1 unspecified atom stereocenters. The normalized spacial score (nSPS) is 18.3. The number of nitrogen functional groups attached to an aromatic ring is 1. The summed E-state index contributed by atoms with van der Waals surface area (Å²) in [6, 6.07) is 5.65. The second kappa shape index (κ2) is 5.59. The van der Waals surface area contributed by atoms with Crippen LogP contribution in [0.4, 0.5) is 5.69 Å². The molecule has 0 bridgehead atoms. The van der Waals surface area contributed by atoms with Gasteiger partial charge in [-0.1, -0.05) is 11.2 Å². The summed E-state index contributed by atoms with van der Waals surface area (Å²) < 4.78 is 10.8. The SMILES string of the molecule is Cc1ccc(N)cc1-c1nc(C2CCCO2)no1.Cl. The summed E-state index contributed by atoms with van der Waals surface area (Å²) in [6.45, 7) is 2.76. The number of nitrogens with zero attached hydrogens (tertiary/aromatic N) is 2. The standard InChI is InChI=1S/C13H15N3O2.ClH/c1-8-4-5-9(14)7-10(8)13-15-12(16-18-13)11-3-2-6-17-11;/h4-5,7,11H,2-3,6,14H2,1H3;1H. The number of hydrogen-bond acceptors (Lipinski definition) is 5. The number of halogens is 1. The van der Waals surface area contributed by atoms with Crippen LogP contribution in [0.5, 0.6) is 0 Å². The molecule has 0 radical (unpaired) electrons. The zero-order valence-electron chi connectivity index (χ0n) is 10.6. The van der Waals surface area contributed by atoms with Crippen LogP contribution in [0.1, 0.15) is 30.3 Å². The van der Waals surface area contributed by atoms with Crippen molar-refractivity contribution in [2.24, 2.45) is 0 Å². The largest absolute Gasteiger partial charge is 0.399 e. The highest BCUT2D eigenvalue weighted by molar-refractivity contribution is 5.85. The molecule has 1 aliphatic heterocycles. The molecule has 6 heteroatoms. The van der Waals surface area contributed by atoms with Gasteiger partial charge >= 0.3 is 0 Å². The van der Waals surface area contributed by atoms with Gasteiger partial charge in [-0.25, -0.2) is 0 Å². The lowest BCUT2D eigenvalue weighted by Gasteiger charge is -2.02. The van der Waals surface area contributed by atoms with Crippen LogP contribution in [-0.2, 0) is 4.74 Å². The molecule has 2 aromatic rings. The van der Waals surface area contributed by atoms with Crippen LogP contribution in [0.3, 0.4) is 0 Å². The van der Waals surface area contributed by atoms with Gasteiger partial charge in [-0.05, 0) is 37.5 Å². The number of ether oxygens (including phenoxy) is 1. The van der Waals surface area contributed by atoms with Crippen LogP contribution < -0.4 is 5.73 Å². The molecule has 1 atom stereocenters. The van der Waals surface area contributed by atoms with Crippen LogP contribution in [0.25, 0.3) is 11.5 Å². The number of benzene rings is 1. The summed E-state index contributed by atoms with van der Waals surface area (Å²) in [5.74, 6) is 1.13. The Morgan fingerprint density at radius 1 is 1.37 bits per heavy atom. The Hall–Kier alpha value is -1.59. The van der Waals surface area contributed by atoms with E-state index in [2.05, 4.69) is 10.1 Å². The summed E-state index contributed by atoms with van der Waals surface area (Å²) in [4.78, 5) is 4.41. The van der Waals surface area contributed by atoms with E-state index in [4.69, 9.17) is 15.0 Å². The summed E-state index contributed by atoms with van der Waals surface area (Å²) in [5.41, 5.74) is 8.41. The fraction of sp³-hybridized carbons (Fsp3) is 0.385. The molecule has 1 saturated heterocycles. The Bertz CT molecular complexity index is 565. The van der Waals surface area contributed by atoms with Crippen LogP contribution in [0, 0.1) is 6.92 Å². The molecule has 1 aromatic carbocycles. The zero-order chi connectivity index (χ0) is 12.5. The first-order valence-electron chi connectivity index (χ1n) is 6.06. The van der Waals surface area contributed by atoms with E-state index >= 15 is 0 Å². The van der Waals surface area contributed by atoms with E-state index in [0.29, 0.717) is 17.4 Å². The van der Waals surface area contributed by atoms with Gasteiger partial charge < -0.3 is 15.0 Å². The number of aromatic nitrogens is 2. The van der Waals surface area contributed by atoms with E-state index in [-0.39, 0.29) is 18.5 Å². The molecule has 1 aliphatic rings. The predicted molar refractivity (Wildman–Crippen MR) is 74.1 cm³/mol. The average molecular weight is 282 g/mol. The second-order valence-corrected chi connectivity index (χ2v) is 4.53. The van der Waals surface area contributed by atoms with Gasteiger partial charge in [-0.2, -0.15) is 4.98 Å². The molecule has 102 valence electrons. The van der Waals surface area contributed by atoms with Gasteiger partial charge in [0, 0.05) is 17.9 Å². The molecule has 5 nitrogen and oxygen atoms in total. The van der Waals surface area contributed by atoms with Gasteiger partial charge in [0.1, 0.15) is 6.10 Å². The fourth-order valence-corrected chi connectivity index (χ4v) is 2.13. The van der Waals surface area contributed by atoms with Crippen LogP contribution in [-0.4, -0.2) is 16.7 Å². The number of rotatable bonds is 2. The van der Waals surface area contributed by atoms with E-state index in [9.17, 15) is 0 Å². The summed E-state index contributed by atoms with van der Waals surface area (Å²) in [6.07, 6.45) is 1.98. The Labute approximate surface area is 117 Å². The van der Waals surface area contributed by atoms with E-state index in [1.54, 1.807) is 0 Å². The van der Waals surface area contributed by atoms with Crippen LogP contribution in [0.15, 0.2) is 22.7 Å². The monoisotopic (exact) mass is 281 g/mol. The number of anilines is 1. The molecular weight excluding hydrogens is 266 g/mol. The molecular formula is C13H16ClN3O2. The minimum absolute atomic E-state index is 0. The molecule has 0 amide bonds. The van der Waals surface area contributed by atoms with Crippen molar-refractivity contribution in [3.05, 3.63) is 29.6 Å². The highest BCUT2D eigenvalue weighted by Gasteiger charge is 2.23. The number of aryl methyl sites for hydroxylation is 1. The lowest BCUT2D eigenvalue weighted by molar-refractivity contribution is 0.103. The highest BCUT2D eigenvalue weighted by atomic mass is 35.5. The number of hydrogen-bond donors (Lipinski definition) is 1. The first-order chi connectivity index (χ1) is 8.74. The lowest BCUT2D eigenvalue weighted by Crippen LogP contribution is -1.98. The van der Waals surface area contributed by atoms with Crippen LogP contribution >= 0.6 is 12.4 Å². The Balaban J connectivity index is 0.00000133. The van der Waals surface area contributed by atoms with E-state index in [0.717, 1.165) is 30.6 Å². The van der Waals surface area contributed by atoms with Gasteiger partial charge in [0.05, 0.1) is 0 Å². The van der Waals surface area contributed by atoms with Gasteiger partial charge in [0.25, 0.3) is 5.89 Å². The molecule has 3 rings (SSSR count). The maximum Gasteiger partial charge on any atom is 0.258 e. The molecule has 1 aromatic heterocycles. The third-order valence-corrected chi connectivity index (χ3v) is 3.15. The van der Waals surface area contributed by atoms with Crippen molar-refractivity contribution < 1.29 is 9.26 Å². The molecule has 1 fully saturated rings. The molecule has 0 aliphatic carbocycles. The lowest BCUT2D eigenvalue weighted by atomic mass is 10.1. The van der Waals surface area contributed by atoms with E-state index < -0.39 is 0 Å². The first kappa shape index (κ1) is 13.8. The fourth-order valence-electron chi connectivity index (χ4n) is 2.13.